The van der Waals surface area contributed by atoms with Crippen LogP contribution in [-0.4, -0.2) is 25.2 Å². The molecule has 0 aliphatic carbocycles. The molecule has 0 saturated carbocycles. The smallest absolute Gasteiger partial charge is 0.305 e. The van der Waals surface area contributed by atoms with E-state index in [-0.39, 0.29) is 11.9 Å². The number of carbonyl (C=O) groups excluding carboxylic acids is 2. The van der Waals surface area contributed by atoms with Crippen LogP contribution in [0, 0.1) is 0 Å². The SMILES string of the molecule is CCCCOC(=O)CCCCCCCCCCCCCC(=O)OCCCC. The van der Waals surface area contributed by atoms with Crippen LogP contribution in [0.15, 0.2) is 0 Å². The first-order valence-electron chi connectivity index (χ1n) is 11.5. The van der Waals surface area contributed by atoms with E-state index in [0.717, 1.165) is 51.4 Å². The number of hydrogen-bond acceptors (Lipinski definition) is 4. The summed E-state index contributed by atoms with van der Waals surface area (Å²) in [5.74, 6) is -0.0599. The van der Waals surface area contributed by atoms with Gasteiger partial charge in [0.2, 0.25) is 0 Å². The predicted molar refractivity (Wildman–Crippen MR) is 112 cm³/mol. The van der Waals surface area contributed by atoms with Crippen LogP contribution in [0.5, 0.6) is 0 Å². The van der Waals surface area contributed by atoms with Gasteiger partial charge in [-0.1, -0.05) is 84.5 Å². The summed E-state index contributed by atoms with van der Waals surface area (Å²) >= 11 is 0. The molecule has 0 radical (unpaired) electrons. The van der Waals surface area contributed by atoms with Crippen molar-refractivity contribution >= 4 is 11.9 Å². The van der Waals surface area contributed by atoms with Gasteiger partial charge in [-0.25, -0.2) is 0 Å². The zero-order valence-corrected chi connectivity index (χ0v) is 18.1. The number of esters is 2. The Labute approximate surface area is 167 Å². The van der Waals surface area contributed by atoms with Gasteiger partial charge in [-0.05, 0) is 25.7 Å². The van der Waals surface area contributed by atoms with E-state index in [1.54, 1.807) is 0 Å². The van der Waals surface area contributed by atoms with Gasteiger partial charge in [0.15, 0.2) is 0 Å². The summed E-state index contributed by atoms with van der Waals surface area (Å²) in [4.78, 5) is 22.9. The highest BCUT2D eigenvalue weighted by Crippen LogP contribution is 2.13. The molecule has 0 bridgehead atoms. The van der Waals surface area contributed by atoms with Gasteiger partial charge >= 0.3 is 11.9 Å². The molecule has 0 rings (SSSR count). The van der Waals surface area contributed by atoms with Gasteiger partial charge in [-0.3, -0.25) is 9.59 Å². The lowest BCUT2D eigenvalue weighted by Gasteiger charge is -2.05. The molecule has 0 aromatic heterocycles. The van der Waals surface area contributed by atoms with Gasteiger partial charge in [0.05, 0.1) is 13.2 Å². The van der Waals surface area contributed by atoms with Crippen molar-refractivity contribution in [1.29, 1.82) is 0 Å². The molecule has 0 heterocycles. The summed E-state index contributed by atoms with van der Waals surface area (Å²) in [6.45, 7) is 5.36. The average molecular weight is 385 g/mol. The standard InChI is InChI=1S/C23H44O4/c1-3-5-20-26-22(24)18-16-14-12-10-8-7-9-11-13-15-17-19-23(25)27-21-6-4-2/h3-21H2,1-2H3. The van der Waals surface area contributed by atoms with E-state index in [0.29, 0.717) is 26.1 Å². The van der Waals surface area contributed by atoms with E-state index in [4.69, 9.17) is 9.47 Å². The zero-order valence-electron chi connectivity index (χ0n) is 18.1. The summed E-state index contributed by atoms with van der Waals surface area (Å²) in [6, 6.07) is 0. The van der Waals surface area contributed by atoms with Crippen molar-refractivity contribution in [2.24, 2.45) is 0 Å². The van der Waals surface area contributed by atoms with Crippen LogP contribution in [0.4, 0.5) is 0 Å². The highest BCUT2D eigenvalue weighted by atomic mass is 16.5. The summed E-state index contributed by atoms with van der Waals surface area (Å²) in [6.07, 6.45) is 18.3. The molecular weight excluding hydrogens is 340 g/mol. The number of ether oxygens (including phenoxy) is 2. The molecule has 160 valence electrons. The monoisotopic (exact) mass is 384 g/mol. The Morgan fingerprint density at radius 1 is 0.481 bits per heavy atom. The highest BCUT2D eigenvalue weighted by Gasteiger charge is 2.03. The van der Waals surface area contributed by atoms with E-state index >= 15 is 0 Å². The molecule has 4 heteroatoms. The van der Waals surface area contributed by atoms with Gasteiger partial charge in [0.1, 0.15) is 0 Å². The van der Waals surface area contributed by atoms with E-state index in [2.05, 4.69) is 13.8 Å². The summed E-state index contributed by atoms with van der Waals surface area (Å²) in [7, 11) is 0. The Morgan fingerprint density at radius 2 is 0.778 bits per heavy atom. The number of rotatable bonds is 20. The third-order valence-electron chi connectivity index (χ3n) is 4.78. The molecule has 0 aliphatic heterocycles. The van der Waals surface area contributed by atoms with Crippen molar-refractivity contribution in [2.75, 3.05) is 13.2 Å². The van der Waals surface area contributed by atoms with Crippen molar-refractivity contribution in [1.82, 2.24) is 0 Å². The molecule has 0 atom stereocenters. The van der Waals surface area contributed by atoms with Crippen LogP contribution in [-0.2, 0) is 19.1 Å². The first kappa shape index (κ1) is 25.9. The first-order chi connectivity index (χ1) is 13.2. The van der Waals surface area contributed by atoms with Gasteiger partial charge in [-0.15, -0.1) is 0 Å². The minimum absolute atomic E-state index is 0.0299. The minimum Gasteiger partial charge on any atom is -0.466 e. The minimum atomic E-state index is -0.0299. The topological polar surface area (TPSA) is 52.6 Å². The number of unbranched alkanes of at least 4 members (excludes halogenated alkanes) is 12. The van der Waals surface area contributed by atoms with Crippen LogP contribution < -0.4 is 0 Å². The van der Waals surface area contributed by atoms with E-state index < -0.39 is 0 Å². The van der Waals surface area contributed by atoms with E-state index in [1.807, 2.05) is 0 Å². The average Bonchev–Trinajstić information content (AvgIpc) is 2.66. The molecule has 0 spiro atoms. The molecule has 0 saturated heterocycles. The second-order valence-electron chi connectivity index (χ2n) is 7.54. The molecular formula is C23H44O4. The molecule has 0 aliphatic rings. The first-order valence-corrected chi connectivity index (χ1v) is 11.5. The van der Waals surface area contributed by atoms with Gasteiger partial charge in [0.25, 0.3) is 0 Å². The Morgan fingerprint density at radius 3 is 1.07 bits per heavy atom. The lowest BCUT2D eigenvalue weighted by Crippen LogP contribution is -2.05. The van der Waals surface area contributed by atoms with E-state index in [9.17, 15) is 9.59 Å². The normalized spacial score (nSPS) is 10.7. The van der Waals surface area contributed by atoms with Gasteiger partial charge in [-0.2, -0.15) is 0 Å². The Bertz CT molecular complexity index is 309. The number of hydrogen-bond donors (Lipinski definition) is 0. The maximum atomic E-state index is 11.4. The largest absolute Gasteiger partial charge is 0.466 e. The fourth-order valence-corrected chi connectivity index (χ4v) is 2.93. The molecule has 0 aromatic carbocycles. The molecule has 0 unspecified atom stereocenters. The third-order valence-corrected chi connectivity index (χ3v) is 4.78. The molecule has 0 N–H and O–H groups in total. The maximum Gasteiger partial charge on any atom is 0.305 e. The quantitative estimate of drug-likeness (QED) is 0.172. The lowest BCUT2D eigenvalue weighted by molar-refractivity contribution is -0.144. The van der Waals surface area contributed by atoms with E-state index in [1.165, 1.54) is 44.9 Å². The van der Waals surface area contributed by atoms with Crippen molar-refractivity contribution < 1.29 is 19.1 Å². The van der Waals surface area contributed by atoms with Crippen LogP contribution in [0.3, 0.4) is 0 Å². The Balaban J connectivity index is 3.16. The van der Waals surface area contributed by atoms with Gasteiger partial charge < -0.3 is 9.47 Å². The third kappa shape index (κ3) is 21.1. The van der Waals surface area contributed by atoms with Crippen LogP contribution in [0.2, 0.25) is 0 Å². The summed E-state index contributed by atoms with van der Waals surface area (Å²) in [5.41, 5.74) is 0. The number of carbonyl (C=O) groups is 2. The molecule has 4 nitrogen and oxygen atoms in total. The summed E-state index contributed by atoms with van der Waals surface area (Å²) in [5, 5.41) is 0. The van der Waals surface area contributed by atoms with Crippen molar-refractivity contribution in [3.63, 3.8) is 0 Å². The molecule has 27 heavy (non-hydrogen) atoms. The fraction of sp³-hybridized carbons (Fsp3) is 0.913. The zero-order chi connectivity index (χ0) is 20.0. The van der Waals surface area contributed by atoms with Crippen LogP contribution in [0.25, 0.3) is 0 Å². The fourth-order valence-electron chi connectivity index (χ4n) is 2.93. The molecule has 0 fully saturated rings. The highest BCUT2D eigenvalue weighted by molar-refractivity contribution is 5.69. The van der Waals surface area contributed by atoms with Crippen LogP contribution in [0.1, 0.15) is 123 Å². The Kier molecular flexibility index (Phi) is 20.4. The Hall–Kier alpha value is -1.06. The summed E-state index contributed by atoms with van der Waals surface area (Å²) < 4.78 is 10.3. The second kappa shape index (κ2) is 21.2. The molecule has 0 amide bonds. The molecule has 0 aromatic rings. The lowest BCUT2D eigenvalue weighted by atomic mass is 10.0. The van der Waals surface area contributed by atoms with Crippen molar-refractivity contribution in [3.8, 4) is 0 Å². The maximum absolute atomic E-state index is 11.4. The van der Waals surface area contributed by atoms with Crippen molar-refractivity contribution in [3.05, 3.63) is 0 Å². The second-order valence-corrected chi connectivity index (χ2v) is 7.54. The van der Waals surface area contributed by atoms with Crippen molar-refractivity contribution in [2.45, 2.75) is 123 Å². The van der Waals surface area contributed by atoms with Crippen LogP contribution >= 0.6 is 0 Å². The van der Waals surface area contributed by atoms with Gasteiger partial charge in [0, 0.05) is 12.8 Å². The predicted octanol–water partition coefficient (Wildman–Crippen LogP) is 6.74.